The summed E-state index contributed by atoms with van der Waals surface area (Å²) in [6.45, 7) is 5.97. The minimum absolute atomic E-state index is 0.0560. The van der Waals surface area contributed by atoms with Crippen LogP contribution < -0.4 is 15.6 Å². The number of aryl methyl sites for hydroxylation is 2. The highest BCUT2D eigenvalue weighted by molar-refractivity contribution is 5.92. The van der Waals surface area contributed by atoms with E-state index in [0.29, 0.717) is 34.9 Å². The second kappa shape index (κ2) is 7.67. The van der Waals surface area contributed by atoms with Crippen LogP contribution >= 0.6 is 0 Å². The molecule has 9 heteroatoms. The highest BCUT2D eigenvalue weighted by Crippen LogP contribution is 2.22. The van der Waals surface area contributed by atoms with Crippen molar-refractivity contribution < 1.29 is 9.53 Å². The van der Waals surface area contributed by atoms with E-state index >= 15 is 0 Å². The number of carbonyl (C=O) groups excluding carboxylic acids is 1. The molecule has 0 bridgehead atoms. The molecule has 0 aliphatic carbocycles. The largest absolute Gasteiger partial charge is 0.487 e. The van der Waals surface area contributed by atoms with Gasteiger partial charge in [-0.1, -0.05) is 0 Å². The van der Waals surface area contributed by atoms with E-state index in [1.54, 1.807) is 36.8 Å². The second-order valence-corrected chi connectivity index (χ2v) is 7.35. The molecule has 0 spiro atoms. The molecule has 29 heavy (non-hydrogen) atoms. The molecule has 4 heterocycles. The first kappa shape index (κ1) is 19.1. The highest BCUT2D eigenvalue weighted by Gasteiger charge is 2.25. The Balaban J connectivity index is 1.39. The van der Waals surface area contributed by atoms with E-state index in [2.05, 4.69) is 25.3 Å². The number of aromatic amines is 1. The van der Waals surface area contributed by atoms with Crippen molar-refractivity contribution in [1.82, 2.24) is 29.8 Å². The van der Waals surface area contributed by atoms with Crippen molar-refractivity contribution in [2.75, 3.05) is 20.1 Å². The summed E-state index contributed by atoms with van der Waals surface area (Å²) in [5, 5.41) is 7.12. The van der Waals surface area contributed by atoms with Crippen LogP contribution in [0.2, 0.25) is 0 Å². The Hall–Kier alpha value is -3.20. The van der Waals surface area contributed by atoms with Gasteiger partial charge in [-0.25, -0.2) is 9.50 Å². The maximum atomic E-state index is 11.8. The maximum Gasteiger partial charge on any atom is 0.269 e. The molecule has 9 nitrogen and oxygen atoms in total. The van der Waals surface area contributed by atoms with Gasteiger partial charge >= 0.3 is 0 Å². The minimum atomic E-state index is -0.212. The first-order chi connectivity index (χ1) is 13.9. The molecule has 1 fully saturated rings. The fourth-order valence-corrected chi connectivity index (χ4v) is 3.54. The third-order valence-electron chi connectivity index (χ3n) is 5.11. The Labute approximate surface area is 167 Å². The topological polar surface area (TPSA) is 105 Å². The van der Waals surface area contributed by atoms with Gasteiger partial charge in [-0.15, -0.1) is 0 Å². The van der Waals surface area contributed by atoms with E-state index < -0.39 is 0 Å². The summed E-state index contributed by atoms with van der Waals surface area (Å²) >= 11 is 0. The third-order valence-corrected chi connectivity index (χ3v) is 5.11. The van der Waals surface area contributed by atoms with E-state index in [9.17, 15) is 9.59 Å². The first-order valence-electron chi connectivity index (χ1n) is 9.60. The van der Waals surface area contributed by atoms with E-state index in [1.165, 1.54) is 0 Å². The molecule has 0 aromatic carbocycles. The normalized spacial score (nSPS) is 17.0. The number of hydrogen-bond donors (Lipinski definition) is 2. The summed E-state index contributed by atoms with van der Waals surface area (Å²) in [4.78, 5) is 32.9. The average molecular weight is 396 g/mol. The Morgan fingerprint density at radius 1 is 1.38 bits per heavy atom. The first-order valence-corrected chi connectivity index (χ1v) is 9.60. The van der Waals surface area contributed by atoms with E-state index in [1.807, 2.05) is 13.0 Å². The predicted molar refractivity (Wildman–Crippen MR) is 107 cm³/mol. The average Bonchev–Trinajstić information content (AvgIpc) is 3.29. The number of aromatic nitrogens is 4. The molecule has 1 atom stereocenters. The Morgan fingerprint density at radius 3 is 2.97 bits per heavy atom. The van der Waals surface area contributed by atoms with E-state index in [-0.39, 0.29) is 17.6 Å². The third kappa shape index (κ3) is 4.00. The summed E-state index contributed by atoms with van der Waals surface area (Å²) in [5.74, 6) is 0.487. The van der Waals surface area contributed by atoms with Gasteiger partial charge in [0, 0.05) is 44.5 Å². The van der Waals surface area contributed by atoms with Gasteiger partial charge in [0.05, 0.1) is 11.4 Å². The smallest absolute Gasteiger partial charge is 0.269 e. The summed E-state index contributed by atoms with van der Waals surface area (Å²) in [7, 11) is 1.58. The molecule has 2 N–H and O–H groups in total. The number of hydrogen-bond acceptors (Lipinski definition) is 6. The van der Waals surface area contributed by atoms with E-state index in [4.69, 9.17) is 4.74 Å². The molecular weight excluding hydrogens is 372 g/mol. The summed E-state index contributed by atoms with van der Waals surface area (Å²) in [5.41, 5.74) is 3.22. The number of H-pyrrole nitrogens is 1. The fraction of sp³-hybridized carbons (Fsp3) is 0.400. The van der Waals surface area contributed by atoms with Crippen molar-refractivity contribution in [3.63, 3.8) is 0 Å². The zero-order chi connectivity index (χ0) is 20.5. The molecule has 0 saturated carbocycles. The lowest BCUT2D eigenvalue weighted by Crippen LogP contribution is -2.25. The van der Waals surface area contributed by atoms with Crippen molar-refractivity contribution in [3.8, 4) is 5.75 Å². The monoisotopic (exact) mass is 396 g/mol. The number of rotatable bonds is 5. The SMILES string of the molecule is CNC(=O)c1ccc(OC2CCN(Cc3cc4[nH]c(=O)c(C)cn4n3)C2)c(C)n1. The van der Waals surface area contributed by atoms with Gasteiger partial charge in [-0.3, -0.25) is 14.5 Å². The van der Waals surface area contributed by atoms with Gasteiger partial charge < -0.3 is 15.0 Å². The molecular formula is C20H24N6O3. The number of ether oxygens (including phenoxy) is 1. The molecule has 1 aliphatic heterocycles. The molecule has 4 rings (SSSR count). The molecule has 3 aromatic rings. The van der Waals surface area contributed by atoms with Crippen LogP contribution in [0.25, 0.3) is 5.65 Å². The number of nitrogens with zero attached hydrogens (tertiary/aromatic N) is 4. The number of amides is 1. The van der Waals surface area contributed by atoms with Crippen LogP contribution in [0.15, 0.2) is 29.2 Å². The van der Waals surface area contributed by atoms with Gasteiger partial charge in [0.15, 0.2) is 0 Å². The van der Waals surface area contributed by atoms with Gasteiger partial charge in [-0.05, 0) is 32.4 Å². The van der Waals surface area contributed by atoms with Gasteiger partial charge in [0.2, 0.25) is 0 Å². The lowest BCUT2D eigenvalue weighted by atomic mass is 10.2. The van der Waals surface area contributed by atoms with Gasteiger partial charge in [-0.2, -0.15) is 5.10 Å². The van der Waals surface area contributed by atoms with Crippen molar-refractivity contribution in [1.29, 1.82) is 0 Å². The molecule has 1 saturated heterocycles. The number of nitrogens with one attached hydrogen (secondary N) is 2. The quantitative estimate of drug-likeness (QED) is 0.668. The molecule has 152 valence electrons. The zero-order valence-corrected chi connectivity index (χ0v) is 16.7. The van der Waals surface area contributed by atoms with Crippen LogP contribution in [0, 0.1) is 13.8 Å². The van der Waals surface area contributed by atoms with Crippen molar-refractivity contribution >= 4 is 11.6 Å². The van der Waals surface area contributed by atoms with Crippen LogP contribution in [0.5, 0.6) is 5.75 Å². The van der Waals surface area contributed by atoms with Crippen molar-refractivity contribution in [2.45, 2.75) is 32.9 Å². The van der Waals surface area contributed by atoms with Crippen LogP contribution in [-0.2, 0) is 6.54 Å². The lowest BCUT2D eigenvalue weighted by molar-refractivity contribution is 0.0957. The van der Waals surface area contributed by atoms with E-state index in [0.717, 1.165) is 25.2 Å². The molecule has 1 amide bonds. The Morgan fingerprint density at radius 2 is 2.21 bits per heavy atom. The lowest BCUT2D eigenvalue weighted by Gasteiger charge is -2.17. The Bertz CT molecular complexity index is 1120. The summed E-state index contributed by atoms with van der Waals surface area (Å²) < 4.78 is 7.83. The minimum Gasteiger partial charge on any atom is -0.487 e. The van der Waals surface area contributed by atoms with Crippen LogP contribution in [0.4, 0.5) is 0 Å². The van der Waals surface area contributed by atoms with Crippen molar-refractivity contribution in [2.24, 2.45) is 0 Å². The van der Waals surface area contributed by atoms with Crippen molar-refractivity contribution in [3.05, 3.63) is 57.4 Å². The molecule has 0 radical (unpaired) electrons. The molecule has 3 aromatic heterocycles. The Kier molecular flexibility index (Phi) is 5.06. The van der Waals surface area contributed by atoms with Crippen LogP contribution in [-0.4, -0.2) is 56.6 Å². The van der Waals surface area contributed by atoms with Crippen LogP contribution in [0.1, 0.15) is 33.9 Å². The fourth-order valence-electron chi connectivity index (χ4n) is 3.54. The standard InChI is InChI=1S/C20H24N6O3/c1-12-9-26-18(23-19(12)27)8-14(24-26)10-25-7-6-15(11-25)29-17-5-4-16(20(28)21-3)22-13(17)2/h4-5,8-9,15H,6-7,10-11H2,1-3H3,(H,21,28)(H,23,27). The predicted octanol–water partition coefficient (Wildman–Crippen LogP) is 1.05. The number of fused-ring (bicyclic) bond motifs is 1. The number of pyridine rings is 1. The molecule has 1 aliphatic rings. The second-order valence-electron chi connectivity index (χ2n) is 7.35. The number of carbonyl (C=O) groups is 1. The summed E-state index contributed by atoms with van der Waals surface area (Å²) in [6.07, 6.45) is 2.70. The van der Waals surface area contributed by atoms with Gasteiger partial charge in [0.25, 0.3) is 11.5 Å². The zero-order valence-electron chi connectivity index (χ0n) is 16.7. The van der Waals surface area contributed by atoms with Gasteiger partial charge in [0.1, 0.15) is 23.2 Å². The van der Waals surface area contributed by atoms with Crippen LogP contribution in [0.3, 0.4) is 0 Å². The maximum absolute atomic E-state index is 11.8. The highest BCUT2D eigenvalue weighted by atomic mass is 16.5. The summed E-state index contributed by atoms with van der Waals surface area (Å²) in [6, 6.07) is 5.38. The number of likely N-dealkylation sites (tertiary alicyclic amines) is 1. The molecule has 1 unspecified atom stereocenters.